The van der Waals surface area contributed by atoms with Crippen LogP contribution in [-0.2, 0) is 14.3 Å². The molecule has 0 spiro atoms. The molecular formula is C14H24N2O5. The van der Waals surface area contributed by atoms with Crippen molar-refractivity contribution in [3.63, 3.8) is 0 Å². The average molecular weight is 300 g/mol. The van der Waals surface area contributed by atoms with Gasteiger partial charge in [0.2, 0.25) is 5.91 Å². The van der Waals surface area contributed by atoms with Crippen molar-refractivity contribution in [1.82, 2.24) is 10.6 Å². The van der Waals surface area contributed by atoms with E-state index >= 15 is 0 Å². The molecule has 2 atom stereocenters. The van der Waals surface area contributed by atoms with Gasteiger partial charge in [0, 0.05) is 25.5 Å². The monoisotopic (exact) mass is 300 g/mol. The maximum Gasteiger partial charge on any atom is 0.321 e. The lowest BCUT2D eigenvalue weighted by Crippen LogP contribution is -2.44. The number of hydrogen-bond acceptors (Lipinski definition) is 4. The van der Waals surface area contributed by atoms with Gasteiger partial charge in [-0.3, -0.25) is 14.9 Å². The number of hydrogen-bond donors (Lipinski definition) is 3. The number of carboxylic acid groups (broad SMARTS) is 1. The topological polar surface area (TPSA) is 105 Å². The van der Waals surface area contributed by atoms with E-state index in [2.05, 4.69) is 10.6 Å². The highest BCUT2D eigenvalue weighted by atomic mass is 16.5. The molecular weight excluding hydrogens is 276 g/mol. The minimum Gasteiger partial charge on any atom is -0.481 e. The third-order valence-electron chi connectivity index (χ3n) is 3.71. The first-order valence-corrected chi connectivity index (χ1v) is 7.19. The largest absolute Gasteiger partial charge is 0.481 e. The van der Waals surface area contributed by atoms with Crippen molar-refractivity contribution in [2.75, 3.05) is 13.2 Å². The van der Waals surface area contributed by atoms with Gasteiger partial charge in [-0.1, -0.05) is 6.92 Å². The van der Waals surface area contributed by atoms with E-state index in [0.717, 1.165) is 12.8 Å². The second-order valence-electron chi connectivity index (χ2n) is 5.99. The van der Waals surface area contributed by atoms with E-state index in [0.29, 0.717) is 13.2 Å². The number of ether oxygens (including phenoxy) is 1. The molecule has 0 aromatic rings. The number of nitrogens with one attached hydrogen (secondary N) is 2. The van der Waals surface area contributed by atoms with Crippen LogP contribution in [0.5, 0.6) is 0 Å². The van der Waals surface area contributed by atoms with Crippen LogP contribution in [0.4, 0.5) is 4.79 Å². The Morgan fingerprint density at radius 3 is 2.57 bits per heavy atom. The predicted molar refractivity (Wildman–Crippen MR) is 75.7 cm³/mol. The fraction of sp³-hybridized carbons (Fsp3) is 0.786. The summed E-state index contributed by atoms with van der Waals surface area (Å²) >= 11 is 0. The van der Waals surface area contributed by atoms with Crippen LogP contribution in [0.2, 0.25) is 0 Å². The first-order chi connectivity index (χ1) is 9.76. The highest BCUT2D eigenvalue weighted by Crippen LogP contribution is 2.22. The van der Waals surface area contributed by atoms with Crippen molar-refractivity contribution in [3.05, 3.63) is 0 Å². The standard InChI is InChI=1S/C14H24N2O5/c1-4-10-9(5-6-21-10)8-15-13(20)16-11(17)7-14(2,3)12(18)19/h9-10H,4-8H2,1-3H3,(H,18,19)(H2,15,16,17,20). The lowest BCUT2D eigenvalue weighted by Gasteiger charge is -2.19. The molecule has 1 rings (SSSR count). The molecule has 0 radical (unpaired) electrons. The van der Waals surface area contributed by atoms with Gasteiger partial charge in [-0.05, 0) is 26.7 Å². The van der Waals surface area contributed by atoms with E-state index < -0.39 is 23.3 Å². The Kier molecular flexibility index (Phi) is 6.14. The second-order valence-corrected chi connectivity index (χ2v) is 5.99. The maximum atomic E-state index is 11.6. The number of amides is 3. The Hall–Kier alpha value is -1.63. The lowest BCUT2D eigenvalue weighted by atomic mass is 9.89. The van der Waals surface area contributed by atoms with Crippen molar-refractivity contribution in [2.24, 2.45) is 11.3 Å². The summed E-state index contributed by atoms with van der Waals surface area (Å²) in [5, 5.41) is 13.7. The first kappa shape index (κ1) is 17.4. The first-order valence-electron chi connectivity index (χ1n) is 7.19. The molecule has 1 aliphatic rings. The van der Waals surface area contributed by atoms with Crippen LogP contribution >= 0.6 is 0 Å². The quantitative estimate of drug-likeness (QED) is 0.682. The van der Waals surface area contributed by atoms with Crippen molar-refractivity contribution >= 4 is 17.9 Å². The summed E-state index contributed by atoms with van der Waals surface area (Å²) in [6.45, 7) is 6.04. The summed E-state index contributed by atoms with van der Waals surface area (Å²) in [6.07, 6.45) is 1.67. The lowest BCUT2D eigenvalue weighted by molar-refractivity contribution is -0.149. The van der Waals surface area contributed by atoms with Crippen molar-refractivity contribution in [2.45, 2.75) is 46.1 Å². The van der Waals surface area contributed by atoms with Gasteiger partial charge in [0.25, 0.3) is 0 Å². The molecule has 120 valence electrons. The summed E-state index contributed by atoms with van der Waals surface area (Å²) in [5.41, 5.74) is -1.20. The zero-order chi connectivity index (χ0) is 16.0. The number of urea groups is 1. The van der Waals surface area contributed by atoms with Crippen LogP contribution in [0.1, 0.15) is 40.0 Å². The summed E-state index contributed by atoms with van der Waals surface area (Å²) in [6, 6.07) is -0.594. The zero-order valence-electron chi connectivity index (χ0n) is 12.8. The summed E-state index contributed by atoms with van der Waals surface area (Å²) in [7, 11) is 0. The molecule has 0 aromatic heterocycles. The van der Waals surface area contributed by atoms with Gasteiger partial charge in [-0.2, -0.15) is 0 Å². The van der Waals surface area contributed by atoms with Crippen LogP contribution < -0.4 is 10.6 Å². The van der Waals surface area contributed by atoms with E-state index in [4.69, 9.17) is 9.84 Å². The van der Waals surface area contributed by atoms with Crippen LogP contribution in [0, 0.1) is 11.3 Å². The molecule has 21 heavy (non-hydrogen) atoms. The Balaban J connectivity index is 2.33. The molecule has 1 heterocycles. The van der Waals surface area contributed by atoms with Crippen LogP contribution in [-0.4, -0.2) is 42.3 Å². The molecule has 0 bridgehead atoms. The van der Waals surface area contributed by atoms with Gasteiger partial charge >= 0.3 is 12.0 Å². The van der Waals surface area contributed by atoms with E-state index in [9.17, 15) is 14.4 Å². The number of carbonyl (C=O) groups excluding carboxylic acids is 2. The number of imide groups is 1. The molecule has 1 aliphatic heterocycles. The van der Waals surface area contributed by atoms with Gasteiger partial charge in [0.05, 0.1) is 11.5 Å². The molecule has 1 fully saturated rings. The molecule has 0 saturated carbocycles. The predicted octanol–water partition coefficient (Wildman–Crippen LogP) is 1.13. The summed E-state index contributed by atoms with van der Waals surface area (Å²) in [5.74, 6) is -1.42. The average Bonchev–Trinajstić information content (AvgIpc) is 2.82. The van der Waals surface area contributed by atoms with Gasteiger partial charge in [0.15, 0.2) is 0 Å². The van der Waals surface area contributed by atoms with Gasteiger partial charge in [0.1, 0.15) is 0 Å². The molecule has 2 unspecified atom stereocenters. The molecule has 7 heteroatoms. The molecule has 7 nitrogen and oxygen atoms in total. The van der Waals surface area contributed by atoms with Crippen LogP contribution in [0.3, 0.4) is 0 Å². The zero-order valence-corrected chi connectivity index (χ0v) is 12.8. The number of rotatable bonds is 6. The highest BCUT2D eigenvalue weighted by molar-refractivity contribution is 5.96. The SMILES string of the molecule is CCC1OCCC1CNC(=O)NC(=O)CC(C)(C)C(=O)O. The fourth-order valence-electron chi connectivity index (χ4n) is 2.29. The molecule has 0 aromatic carbocycles. The van der Waals surface area contributed by atoms with Gasteiger partial charge in [-0.15, -0.1) is 0 Å². The number of aliphatic carboxylic acids is 1. The van der Waals surface area contributed by atoms with E-state index in [1.165, 1.54) is 13.8 Å². The number of carbonyl (C=O) groups is 3. The van der Waals surface area contributed by atoms with E-state index in [1.807, 2.05) is 6.92 Å². The third kappa shape index (κ3) is 5.34. The van der Waals surface area contributed by atoms with Crippen molar-refractivity contribution in [1.29, 1.82) is 0 Å². The fourth-order valence-corrected chi connectivity index (χ4v) is 2.29. The van der Waals surface area contributed by atoms with Crippen LogP contribution in [0.15, 0.2) is 0 Å². The minimum absolute atomic E-state index is 0.145. The molecule has 0 aliphatic carbocycles. The molecule has 1 saturated heterocycles. The second kappa shape index (κ2) is 7.40. The van der Waals surface area contributed by atoms with E-state index in [1.54, 1.807) is 0 Å². The normalized spacial score (nSPS) is 21.9. The Morgan fingerprint density at radius 1 is 1.33 bits per heavy atom. The third-order valence-corrected chi connectivity index (χ3v) is 3.71. The Morgan fingerprint density at radius 2 is 2.00 bits per heavy atom. The Labute approximate surface area is 124 Å². The molecule has 3 N–H and O–H groups in total. The van der Waals surface area contributed by atoms with Crippen molar-refractivity contribution < 1.29 is 24.2 Å². The highest BCUT2D eigenvalue weighted by Gasteiger charge is 2.31. The van der Waals surface area contributed by atoms with Gasteiger partial charge < -0.3 is 15.2 Å². The Bertz CT molecular complexity index is 408. The maximum absolute atomic E-state index is 11.6. The smallest absolute Gasteiger partial charge is 0.321 e. The summed E-state index contributed by atoms with van der Waals surface area (Å²) in [4.78, 5) is 34.2. The van der Waals surface area contributed by atoms with Crippen molar-refractivity contribution in [3.8, 4) is 0 Å². The minimum atomic E-state index is -1.20. The van der Waals surface area contributed by atoms with Gasteiger partial charge in [-0.25, -0.2) is 4.79 Å². The summed E-state index contributed by atoms with van der Waals surface area (Å²) < 4.78 is 5.52. The van der Waals surface area contributed by atoms with Crippen LogP contribution in [0.25, 0.3) is 0 Å². The van der Waals surface area contributed by atoms with E-state index in [-0.39, 0.29) is 18.4 Å². The molecule has 3 amide bonds. The number of carboxylic acids is 1.